The Morgan fingerprint density at radius 2 is 2.37 bits per heavy atom. The van der Waals surface area contributed by atoms with Gasteiger partial charge in [-0.15, -0.1) is 4.63 Å². The SMILES string of the molecule is O=[N+]([O-])c1nonc1NCc1cn2cccnc2n1. The van der Waals surface area contributed by atoms with Gasteiger partial charge in [-0.05, 0) is 11.0 Å². The summed E-state index contributed by atoms with van der Waals surface area (Å²) in [5.74, 6) is 0.0592. The molecule has 0 aliphatic heterocycles. The Balaban J connectivity index is 1.78. The fourth-order valence-corrected chi connectivity index (χ4v) is 1.55. The predicted molar refractivity (Wildman–Crippen MR) is 61.3 cm³/mol. The van der Waals surface area contributed by atoms with Crippen molar-refractivity contribution < 1.29 is 9.55 Å². The number of nitro groups is 1. The Morgan fingerprint density at radius 1 is 1.47 bits per heavy atom. The summed E-state index contributed by atoms with van der Waals surface area (Å²) in [5.41, 5.74) is 0.663. The van der Waals surface area contributed by atoms with E-state index in [2.05, 4.69) is 30.2 Å². The number of fused-ring (bicyclic) bond motifs is 1. The molecular formula is C9H7N7O3. The molecule has 0 saturated heterocycles. The Bertz CT molecular complexity index is 701. The van der Waals surface area contributed by atoms with E-state index in [9.17, 15) is 10.1 Å². The Labute approximate surface area is 105 Å². The molecule has 0 atom stereocenters. The predicted octanol–water partition coefficient (Wildman–Crippen LogP) is 0.633. The van der Waals surface area contributed by atoms with Gasteiger partial charge in [0.15, 0.2) is 5.16 Å². The number of rotatable bonds is 4. The molecule has 0 unspecified atom stereocenters. The van der Waals surface area contributed by atoms with E-state index in [0.29, 0.717) is 11.5 Å². The molecule has 3 heterocycles. The van der Waals surface area contributed by atoms with Crippen molar-refractivity contribution in [2.45, 2.75) is 6.54 Å². The molecule has 0 radical (unpaired) electrons. The minimum Gasteiger partial charge on any atom is -0.358 e. The number of nitrogens with one attached hydrogen (secondary N) is 1. The molecule has 10 nitrogen and oxygen atoms in total. The maximum absolute atomic E-state index is 10.6. The zero-order chi connectivity index (χ0) is 13.2. The molecule has 96 valence electrons. The number of nitrogens with zero attached hydrogens (tertiary/aromatic N) is 6. The normalized spacial score (nSPS) is 10.7. The summed E-state index contributed by atoms with van der Waals surface area (Å²) in [6.45, 7) is 0.248. The first-order valence-electron chi connectivity index (χ1n) is 5.23. The highest BCUT2D eigenvalue weighted by atomic mass is 16.6. The highest BCUT2D eigenvalue weighted by molar-refractivity contribution is 5.48. The summed E-state index contributed by atoms with van der Waals surface area (Å²) in [6.07, 6.45) is 5.19. The Kier molecular flexibility index (Phi) is 2.52. The maximum atomic E-state index is 10.6. The smallest absolute Gasteiger partial charge is 0.358 e. The lowest BCUT2D eigenvalue weighted by Crippen LogP contribution is -2.02. The van der Waals surface area contributed by atoms with Crippen LogP contribution in [0.25, 0.3) is 5.78 Å². The van der Waals surface area contributed by atoms with E-state index >= 15 is 0 Å². The van der Waals surface area contributed by atoms with Crippen molar-refractivity contribution in [2.75, 3.05) is 5.32 Å². The average molecular weight is 261 g/mol. The van der Waals surface area contributed by atoms with Crippen molar-refractivity contribution in [3.8, 4) is 0 Å². The van der Waals surface area contributed by atoms with Crippen LogP contribution in [-0.4, -0.2) is 29.6 Å². The molecule has 0 bridgehead atoms. The average Bonchev–Trinajstić information content (AvgIpc) is 3.02. The second kappa shape index (κ2) is 4.33. The second-order valence-electron chi connectivity index (χ2n) is 3.61. The van der Waals surface area contributed by atoms with Crippen LogP contribution in [0.5, 0.6) is 0 Å². The standard InChI is InChI=1S/C9H7N7O3/c17-16(18)8-7(13-19-14-8)11-4-6-5-15-3-1-2-10-9(15)12-6/h1-3,5H,4H2,(H,11,13). The van der Waals surface area contributed by atoms with Gasteiger partial charge in [0, 0.05) is 23.7 Å². The van der Waals surface area contributed by atoms with Crippen LogP contribution in [0.3, 0.4) is 0 Å². The molecule has 10 heteroatoms. The van der Waals surface area contributed by atoms with Crippen LogP contribution in [0, 0.1) is 10.1 Å². The molecule has 0 fully saturated rings. The molecule has 3 rings (SSSR count). The van der Waals surface area contributed by atoms with E-state index in [-0.39, 0.29) is 12.4 Å². The van der Waals surface area contributed by atoms with E-state index in [4.69, 9.17) is 0 Å². The van der Waals surface area contributed by atoms with E-state index in [1.54, 1.807) is 29.1 Å². The number of anilines is 1. The lowest BCUT2D eigenvalue weighted by molar-refractivity contribution is -0.390. The van der Waals surface area contributed by atoms with Gasteiger partial charge in [-0.2, -0.15) is 0 Å². The molecule has 3 aromatic heterocycles. The van der Waals surface area contributed by atoms with Crippen LogP contribution in [0.1, 0.15) is 5.69 Å². The Morgan fingerprint density at radius 3 is 3.16 bits per heavy atom. The zero-order valence-electron chi connectivity index (χ0n) is 9.42. The zero-order valence-corrected chi connectivity index (χ0v) is 9.42. The Hall–Kier alpha value is -3.04. The number of aromatic nitrogens is 5. The van der Waals surface area contributed by atoms with Crippen LogP contribution in [0.15, 0.2) is 29.3 Å². The quantitative estimate of drug-likeness (QED) is 0.535. The fourth-order valence-electron chi connectivity index (χ4n) is 1.55. The number of hydrogen-bond donors (Lipinski definition) is 1. The van der Waals surface area contributed by atoms with Crippen molar-refractivity contribution in [3.63, 3.8) is 0 Å². The van der Waals surface area contributed by atoms with Crippen molar-refractivity contribution in [1.29, 1.82) is 0 Å². The van der Waals surface area contributed by atoms with Gasteiger partial charge >= 0.3 is 5.82 Å². The van der Waals surface area contributed by atoms with E-state index in [1.807, 2.05) is 0 Å². The second-order valence-corrected chi connectivity index (χ2v) is 3.61. The van der Waals surface area contributed by atoms with Crippen LogP contribution in [-0.2, 0) is 6.54 Å². The summed E-state index contributed by atoms with van der Waals surface area (Å²) in [5, 5.41) is 20.0. The van der Waals surface area contributed by atoms with E-state index in [0.717, 1.165) is 0 Å². The summed E-state index contributed by atoms with van der Waals surface area (Å²) in [7, 11) is 0. The van der Waals surface area contributed by atoms with Gasteiger partial charge in [-0.1, -0.05) is 0 Å². The number of hydrogen-bond acceptors (Lipinski definition) is 8. The molecule has 19 heavy (non-hydrogen) atoms. The summed E-state index contributed by atoms with van der Waals surface area (Å²) in [6, 6.07) is 1.78. The monoisotopic (exact) mass is 261 g/mol. The molecular weight excluding hydrogens is 254 g/mol. The lowest BCUT2D eigenvalue weighted by atomic mass is 10.4. The molecule has 0 aromatic carbocycles. The van der Waals surface area contributed by atoms with Crippen LogP contribution in [0.4, 0.5) is 11.6 Å². The molecule has 0 saturated carbocycles. The fraction of sp³-hybridized carbons (Fsp3) is 0.111. The molecule has 0 aliphatic carbocycles. The van der Waals surface area contributed by atoms with Crippen molar-refractivity contribution in [1.82, 2.24) is 24.7 Å². The van der Waals surface area contributed by atoms with E-state index in [1.165, 1.54) is 0 Å². The van der Waals surface area contributed by atoms with Gasteiger partial charge in [0.2, 0.25) is 5.78 Å². The number of imidazole rings is 1. The van der Waals surface area contributed by atoms with Crippen molar-refractivity contribution in [2.24, 2.45) is 0 Å². The van der Waals surface area contributed by atoms with Gasteiger partial charge in [0.05, 0.1) is 12.2 Å². The first-order chi connectivity index (χ1) is 9.24. The van der Waals surface area contributed by atoms with Gasteiger partial charge in [-0.25, -0.2) is 9.97 Å². The molecule has 0 spiro atoms. The van der Waals surface area contributed by atoms with Crippen LogP contribution < -0.4 is 5.32 Å². The van der Waals surface area contributed by atoms with Crippen LogP contribution in [0.2, 0.25) is 0 Å². The minimum absolute atomic E-state index is 0.0324. The maximum Gasteiger partial charge on any atom is 0.458 e. The highest BCUT2D eigenvalue weighted by Crippen LogP contribution is 2.18. The largest absolute Gasteiger partial charge is 0.458 e. The van der Waals surface area contributed by atoms with Gasteiger partial charge in [0.25, 0.3) is 5.82 Å². The summed E-state index contributed by atoms with van der Waals surface area (Å²) >= 11 is 0. The minimum atomic E-state index is -0.677. The van der Waals surface area contributed by atoms with Gasteiger partial charge < -0.3 is 15.4 Å². The molecule has 3 aromatic rings. The molecule has 0 aliphatic rings. The highest BCUT2D eigenvalue weighted by Gasteiger charge is 2.21. The third-order valence-electron chi connectivity index (χ3n) is 2.37. The van der Waals surface area contributed by atoms with Crippen molar-refractivity contribution >= 4 is 17.4 Å². The summed E-state index contributed by atoms with van der Waals surface area (Å²) < 4.78 is 6.05. The van der Waals surface area contributed by atoms with Gasteiger partial charge in [0.1, 0.15) is 0 Å². The topological polar surface area (TPSA) is 124 Å². The third kappa shape index (κ3) is 2.06. The summed E-state index contributed by atoms with van der Waals surface area (Å²) in [4.78, 5) is 18.2. The third-order valence-corrected chi connectivity index (χ3v) is 2.37. The first kappa shape index (κ1) is 11.1. The van der Waals surface area contributed by atoms with Crippen molar-refractivity contribution in [3.05, 3.63) is 40.5 Å². The molecule has 0 amide bonds. The first-order valence-corrected chi connectivity index (χ1v) is 5.23. The van der Waals surface area contributed by atoms with Crippen LogP contribution >= 0.6 is 0 Å². The van der Waals surface area contributed by atoms with E-state index < -0.39 is 10.7 Å². The van der Waals surface area contributed by atoms with Gasteiger partial charge in [-0.3, -0.25) is 4.40 Å². The molecule has 1 N–H and O–H groups in total. The lowest BCUT2D eigenvalue weighted by Gasteiger charge is -1.96.